The Kier molecular flexibility index (Phi) is 6.70. The number of nitrogens with zero attached hydrogens (tertiary/aromatic N) is 2. The molecule has 1 saturated heterocycles. The number of aliphatic hydroxyl groups excluding tert-OH is 1. The van der Waals surface area contributed by atoms with Crippen LogP contribution in [-0.2, 0) is 17.8 Å². The minimum absolute atomic E-state index is 0.00440. The first-order valence-electron chi connectivity index (χ1n) is 13.7. The molecule has 37 heavy (non-hydrogen) atoms. The van der Waals surface area contributed by atoms with Crippen molar-refractivity contribution in [1.29, 1.82) is 0 Å². The first-order chi connectivity index (χ1) is 18.2. The van der Waals surface area contributed by atoms with Crippen molar-refractivity contribution < 1.29 is 9.90 Å². The highest BCUT2D eigenvalue weighted by Crippen LogP contribution is 2.49. The molecule has 2 fully saturated rings. The van der Waals surface area contributed by atoms with Gasteiger partial charge in [-0.1, -0.05) is 73.5 Å². The molecular formula is C31H35N3O3. The van der Waals surface area contributed by atoms with E-state index < -0.39 is 6.04 Å². The van der Waals surface area contributed by atoms with Gasteiger partial charge in [-0.15, -0.1) is 0 Å². The summed E-state index contributed by atoms with van der Waals surface area (Å²) in [6.45, 7) is 1.15. The number of benzene rings is 2. The van der Waals surface area contributed by atoms with Crippen LogP contribution in [0.5, 0.6) is 0 Å². The number of aromatic nitrogens is 1. The third-order valence-electron chi connectivity index (χ3n) is 8.75. The van der Waals surface area contributed by atoms with E-state index in [1.54, 1.807) is 0 Å². The van der Waals surface area contributed by atoms with E-state index in [2.05, 4.69) is 28.4 Å². The number of hydrogen-bond acceptors (Lipinski definition) is 4. The van der Waals surface area contributed by atoms with Crippen molar-refractivity contribution in [2.45, 2.75) is 56.8 Å². The van der Waals surface area contributed by atoms with Gasteiger partial charge in [-0.2, -0.15) is 0 Å². The molecule has 6 nitrogen and oxygen atoms in total. The summed E-state index contributed by atoms with van der Waals surface area (Å²) in [6.07, 6.45) is 5.17. The molecule has 1 amide bonds. The van der Waals surface area contributed by atoms with Crippen LogP contribution in [0, 0.1) is 11.8 Å². The second kappa shape index (κ2) is 10.3. The predicted octanol–water partition coefficient (Wildman–Crippen LogP) is 3.78. The van der Waals surface area contributed by atoms with Gasteiger partial charge in [0.2, 0.25) is 5.91 Å². The number of carbonyl (C=O) groups excluding carboxylic acids is 1. The Hall–Kier alpha value is -3.22. The van der Waals surface area contributed by atoms with Crippen molar-refractivity contribution in [2.75, 3.05) is 13.2 Å². The van der Waals surface area contributed by atoms with Gasteiger partial charge in [0, 0.05) is 48.8 Å². The lowest BCUT2D eigenvalue weighted by Crippen LogP contribution is -2.51. The average molecular weight is 498 g/mol. The summed E-state index contributed by atoms with van der Waals surface area (Å²) in [6, 6.07) is 23.8. The quantitative estimate of drug-likeness (QED) is 0.521. The van der Waals surface area contributed by atoms with Gasteiger partial charge in [-0.25, -0.2) is 0 Å². The molecule has 2 aliphatic heterocycles. The maximum Gasteiger partial charge on any atom is 0.258 e. The van der Waals surface area contributed by atoms with E-state index in [1.807, 2.05) is 59.2 Å². The van der Waals surface area contributed by atoms with Crippen LogP contribution in [0.15, 0.2) is 77.6 Å². The summed E-state index contributed by atoms with van der Waals surface area (Å²) in [4.78, 5) is 29.6. The molecule has 2 N–H and O–H groups in total. The van der Waals surface area contributed by atoms with Gasteiger partial charge in [0.25, 0.3) is 5.56 Å². The van der Waals surface area contributed by atoms with E-state index >= 15 is 0 Å². The summed E-state index contributed by atoms with van der Waals surface area (Å²) < 4.78 is 1.89. The van der Waals surface area contributed by atoms with E-state index in [0.717, 1.165) is 43.4 Å². The fraction of sp³-hybridized carbons (Fsp3) is 0.419. The molecule has 3 heterocycles. The molecule has 192 valence electrons. The second-order valence-corrected chi connectivity index (χ2v) is 10.8. The summed E-state index contributed by atoms with van der Waals surface area (Å²) >= 11 is 0. The molecule has 0 unspecified atom stereocenters. The van der Waals surface area contributed by atoms with Crippen LogP contribution < -0.4 is 10.9 Å². The van der Waals surface area contributed by atoms with Crippen LogP contribution in [0.3, 0.4) is 0 Å². The van der Waals surface area contributed by atoms with E-state index in [0.29, 0.717) is 18.7 Å². The normalized spacial score (nSPS) is 25.2. The third-order valence-corrected chi connectivity index (χ3v) is 8.75. The molecule has 0 spiro atoms. The lowest BCUT2D eigenvalue weighted by atomic mass is 9.88. The summed E-state index contributed by atoms with van der Waals surface area (Å²) in [5, 5.41) is 13.9. The molecular weight excluding hydrogens is 462 g/mol. The number of nitrogens with one attached hydrogen (secondary N) is 1. The molecule has 6 rings (SSSR count). The number of carbonyl (C=O) groups is 1. The molecule has 2 aromatic carbocycles. The van der Waals surface area contributed by atoms with E-state index in [1.165, 1.54) is 5.56 Å². The summed E-state index contributed by atoms with van der Waals surface area (Å²) in [5.41, 5.74) is 3.78. The highest BCUT2D eigenvalue weighted by molar-refractivity contribution is 5.83. The van der Waals surface area contributed by atoms with Gasteiger partial charge >= 0.3 is 0 Å². The van der Waals surface area contributed by atoms with Crippen LogP contribution in [0.1, 0.15) is 43.0 Å². The molecule has 6 heteroatoms. The number of fused-ring (bicyclic) bond motifs is 3. The van der Waals surface area contributed by atoms with E-state index in [9.17, 15) is 14.7 Å². The Morgan fingerprint density at radius 1 is 0.946 bits per heavy atom. The number of pyridine rings is 1. The van der Waals surface area contributed by atoms with Gasteiger partial charge in [0.05, 0.1) is 12.1 Å². The van der Waals surface area contributed by atoms with Crippen molar-refractivity contribution >= 4 is 5.91 Å². The Labute approximate surface area is 217 Å². The zero-order valence-electron chi connectivity index (χ0n) is 21.1. The fourth-order valence-electron chi connectivity index (χ4n) is 6.96. The zero-order chi connectivity index (χ0) is 25.4. The summed E-state index contributed by atoms with van der Waals surface area (Å²) in [5.74, 6) is -0.177. The number of amides is 1. The second-order valence-electron chi connectivity index (χ2n) is 10.8. The van der Waals surface area contributed by atoms with Crippen LogP contribution in [-0.4, -0.2) is 45.7 Å². The van der Waals surface area contributed by atoms with Crippen molar-refractivity contribution in [3.63, 3.8) is 0 Å². The minimum Gasteiger partial charge on any atom is -0.396 e. The lowest BCUT2D eigenvalue weighted by Gasteiger charge is -2.31. The van der Waals surface area contributed by atoms with Crippen LogP contribution in [0.2, 0.25) is 0 Å². The zero-order valence-corrected chi connectivity index (χ0v) is 21.1. The highest BCUT2D eigenvalue weighted by Gasteiger charge is 2.55. The molecule has 0 bridgehead atoms. The molecule has 1 saturated carbocycles. The largest absolute Gasteiger partial charge is 0.396 e. The first-order valence-corrected chi connectivity index (χ1v) is 13.7. The average Bonchev–Trinajstić information content (AvgIpc) is 3.64. The maximum absolute atomic E-state index is 13.7. The Bertz CT molecular complexity index is 1300. The first kappa shape index (κ1) is 24.1. The van der Waals surface area contributed by atoms with Crippen LogP contribution >= 0.6 is 0 Å². The van der Waals surface area contributed by atoms with E-state index in [4.69, 9.17) is 0 Å². The van der Waals surface area contributed by atoms with Crippen molar-refractivity contribution in [2.24, 2.45) is 11.8 Å². The molecule has 4 atom stereocenters. The third kappa shape index (κ3) is 4.42. The molecule has 1 aliphatic carbocycles. The molecule has 3 aromatic rings. The highest BCUT2D eigenvalue weighted by atomic mass is 16.3. The van der Waals surface area contributed by atoms with Gasteiger partial charge in [-0.3, -0.25) is 14.5 Å². The molecule has 0 radical (unpaired) electrons. The number of rotatable bonds is 7. The monoisotopic (exact) mass is 497 g/mol. The van der Waals surface area contributed by atoms with Gasteiger partial charge in [0.15, 0.2) is 0 Å². The van der Waals surface area contributed by atoms with Gasteiger partial charge in [-0.05, 0) is 42.5 Å². The lowest BCUT2D eigenvalue weighted by molar-refractivity contribution is -0.128. The SMILES string of the molecule is O=C(NC1CCCC1)[C@@H]1[C@@H](CO)[C@@H]2Cn3c(ccc(-c4ccccc4)c3=O)[C@@H]2N1CCc1ccccc1. The smallest absolute Gasteiger partial charge is 0.258 e. The topological polar surface area (TPSA) is 74.6 Å². The minimum atomic E-state index is -0.401. The fourth-order valence-corrected chi connectivity index (χ4v) is 6.96. The van der Waals surface area contributed by atoms with Crippen molar-refractivity contribution in [3.05, 3.63) is 94.4 Å². The maximum atomic E-state index is 13.7. The van der Waals surface area contributed by atoms with Crippen LogP contribution in [0.25, 0.3) is 11.1 Å². The Morgan fingerprint density at radius 3 is 2.35 bits per heavy atom. The number of hydrogen-bond donors (Lipinski definition) is 2. The van der Waals surface area contributed by atoms with Gasteiger partial charge in [0.1, 0.15) is 0 Å². The van der Waals surface area contributed by atoms with Crippen molar-refractivity contribution in [1.82, 2.24) is 14.8 Å². The summed E-state index contributed by atoms with van der Waals surface area (Å²) in [7, 11) is 0. The van der Waals surface area contributed by atoms with Crippen molar-refractivity contribution in [3.8, 4) is 11.1 Å². The van der Waals surface area contributed by atoms with E-state index in [-0.39, 0.29) is 42.0 Å². The Morgan fingerprint density at radius 2 is 1.65 bits per heavy atom. The molecule has 3 aliphatic rings. The van der Waals surface area contributed by atoms with Crippen LogP contribution in [0.4, 0.5) is 0 Å². The standard InChI is InChI=1S/C31H35N3O3/c35-20-26-25-19-34-27(16-15-24(31(34)37)22-11-5-2-6-12-22)28(25)33(18-17-21-9-3-1-4-10-21)29(26)30(36)32-23-13-7-8-14-23/h1-6,9-12,15-16,23,25-26,28-29,35H,7-8,13-14,17-20H2,(H,32,36)/t25-,26-,28+,29-/m0/s1. The predicted molar refractivity (Wildman–Crippen MR) is 144 cm³/mol. The Balaban J connectivity index is 1.36. The van der Waals surface area contributed by atoms with Gasteiger partial charge < -0.3 is 15.0 Å². The molecule has 1 aromatic heterocycles. The number of aliphatic hydroxyl groups is 1. The number of likely N-dealkylation sites (tertiary alicyclic amines) is 1.